The molecule has 88 valence electrons. The molecule has 2 nitrogen and oxygen atoms in total. The zero-order valence-corrected chi connectivity index (χ0v) is 11.5. The van der Waals surface area contributed by atoms with Crippen LogP contribution in [0.1, 0.15) is 0 Å². The van der Waals surface area contributed by atoms with E-state index in [9.17, 15) is 4.79 Å². The summed E-state index contributed by atoms with van der Waals surface area (Å²) in [5.41, 5.74) is 0.393. The highest BCUT2D eigenvalue weighted by atomic mass is 79.9. The largest absolute Gasteiger partial charge is 0.287 e. The summed E-state index contributed by atoms with van der Waals surface area (Å²) in [5, 5.41) is 2.87. The van der Waals surface area contributed by atoms with Gasteiger partial charge in [-0.25, -0.2) is 0 Å². The number of halogens is 2. The van der Waals surface area contributed by atoms with Crippen LogP contribution in [0, 0.1) is 0 Å². The number of hydrogen-bond acceptors (Lipinski definition) is 2. The molecular weight excluding hydrogens is 314 g/mol. The lowest BCUT2D eigenvalue weighted by Gasteiger charge is -1.93. The van der Waals surface area contributed by atoms with Crippen LogP contribution in [0.2, 0.25) is 5.02 Å². The summed E-state index contributed by atoms with van der Waals surface area (Å²) in [6, 6.07) is 10.9. The van der Waals surface area contributed by atoms with Crippen LogP contribution >= 0.6 is 27.5 Å². The minimum absolute atomic E-state index is 0.0748. The number of aromatic nitrogens is 1. The molecule has 0 N–H and O–H groups in total. The molecule has 0 spiro atoms. The van der Waals surface area contributed by atoms with E-state index in [-0.39, 0.29) is 5.43 Å². The molecule has 1 heterocycles. The Morgan fingerprint density at radius 3 is 2.67 bits per heavy atom. The van der Waals surface area contributed by atoms with Crippen LogP contribution in [-0.4, -0.2) is 4.98 Å². The van der Waals surface area contributed by atoms with E-state index < -0.39 is 0 Å². The smallest absolute Gasteiger partial charge is 0.212 e. The van der Waals surface area contributed by atoms with Crippen molar-refractivity contribution in [3.8, 4) is 0 Å². The average Bonchev–Trinajstić information content (AvgIpc) is 2.47. The van der Waals surface area contributed by atoms with E-state index in [1.165, 1.54) is 0 Å². The van der Waals surface area contributed by atoms with Crippen LogP contribution in [0.25, 0.3) is 21.7 Å². The number of fused-ring (bicyclic) bond motifs is 2. The van der Waals surface area contributed by atoms with Gasteiger partial charge in [0.15, 0.2) is 0 Å². The van der Waals surface area contributed by atoms with Gasteiger partial charge in [0.25, 0.3) is 0 Å². The Morgan fingerprint density at radius 1 is 1.06 bits per heavy atom. The Balaban J connectivity index is 2.59. The van der Waals surface area contributed by atoms with Crippen molar-refractivity contribution in [3.63, 3.8) is 0 Å². The molecule has 0 saturated heterocycles. The second kappa shape index (κ2) is 4.34. The molecule has 0 atom stereocenters. The van der Waals surface area contributed by atoms with E-state index in [0.29, 0.717) is 15.9 Å². The van der Waals surface area contributed by atoms with E-state index in [4.69, 9.17) is 11.6 Å². The minimum atomic E-state index is -0.0748. The third kappa shape index (κ3) is 1.89. The lowest BCUT2D eigenvalue weighted by atomic mass is 10.2. The molecule has 0 aliphatic rings. The third-order valence-corrected chi connectivity index (χ3v) is 3.47. The van der Waals surface area contributed by atoms with Crippen molar-refractivity contribution in [2.75, 3.05) is 0 Å². The number of hydrogen-bond donors (Lipinski definition) is 0. The van der Waals surface area contributed by atoms with E-state index in [2.05, 4.69) is 20.9 Å². The van der Waals surface area contributed by atoms with Crippen molar-refractivity contribution in [2.45, 2.75) is 0 Å². The molecule has 0 aliphatic carbocycles. The van der Waals surface area contributed by atoms with Gasteiger partial charge in [0.1, 0.15) is 5.52 Å². The molecule has 4 heteroatoms. The van der Waals surface area contributed by atoms with Gasteiger partial charge in [-0.05, 0) is 45.6 Å². The van der Waals surface area contributed by atoms with Crippen LogP contribution in [0.3, 0.4) is 0 Å². The molecule has 3 rings (SSSR count). The van der Waals surface area contributed by atoms with Crippen LogP contribution < -0.4 is 5.43 Å². The highest BCUT2D eigenvalue weighted by molar-refractivity contribution is 9.10. The average molecular weight is 321 g/mol. The molecule has 18 heavy (non-hydrogen) atoms. The quantitative estimate of drug-likeness (QED) is 0.622. The van der Waals surface area contributed by atoms with Crippen molar-refractivity contribution >= 4 is 49.2 Å². The minimum Gasteiger partial charge on any atom is -0.287 e. The summed E-state index contributed by atoms with van der Waals surface area (Å²) in [7, 11) is 0. The van der Waals surface area contributed by atoms with Crippen molar-refractivity contribution < 1.29 is 0 Å². The molecule has 0 saturated carbocycles. The van der Waals surface area contributed by atoms with Gasteiger partial charge < -0.3 is 0 Å². The highest BCUT2D eigenvalue weighted by Gasteiger charge is 2.04. The van der Waals surface area contributed by atoms with Gasteiger partial charge in [0, 0.05) is 26.5 Å². The first kappa shape index (κ1) is 11.6. The fraction of sp³-hybridized carbons (Fsp3) is 0. The monoisotopic (exact) mass is 319 g/mol. The maximum absolute atomic E-state index is 12.4. The molecule has 0 aliphatic heterocycles. The summed E-state index contributed by atoms with van der Waals surface area (Å²) in [4.78, 5) is 16.6. The van der Waals surface area contributed by atoms with Gasteiger partial charge in [0.2, 0.25) is 5.43 Å². The van der Waals surface area contributed by atoms with Gasteiger partial charge in [0.05, 0.1) is 0 Å². The SMILES string of the molecule is O=c1c2ccc(Cl)cc2ccc2cc(Br)cnc12. The summed E-state index contributed by atoms with van der Waals surface area (Å²) >= 11 is 9.30. The van der Waals surface area contributed by atoms with Crippen molar-refractivity contribution in [1.29, 1.82) is 0 Å². The second-order valence-electron chi connectivity index (χ2n) is 3.99. The molecule has 0 fully saturated rings. The zero-order valence-electron chi connectivity index (χ0n) is 9.15. The lowest BCUT2D eigenvalue weighted by Crippen LogP contribution is -2.00. The Kier molecular flexibility index (Phi) is 2.80. The standard InChI is InChI=1S/C14H7BrClNO/c15-10-5-9-2-1-8-6-11(16)3-4-12(8)14(18)13(9)17-7-10/h1-7H. The van der Waals surface area contributed by atoms with Gasteiger partial charge in [-0.1, -0.05) is 23.7 Å². The molecular formula is C14H7BrClNO. The first-order chi connectivity index (χ1) is 8.65. The van der Waals surface area contributed by atoms with Crippen LogP contribution in [0.4, 0.5) is 0 Å². The summed E-state index contributed by atoms with van der Waals surface area (Å²) in [6.07, 6.45) is 1.63. The number of benzene rings is 1. The molecule has 0 radical (unpaired) electrons. The fourth-order valence-electron chi connectivity index (χ4n) is 1.96. The molecule has 0 bridgehead atoms. The van der Waals surface area contributed by atoms with E-state index in [0.717, 1.165) is 15.2 Å². The van der Waals surface area contributed by atoms with Crippen molar-refractivity contribution in [3.05, 3.63) is 62.3 Å². The second-order valence-corrected chi connectivity index (χ2v) is 5.34. The molecule has 0 amide bonds. The predicted octanol–water partition coefficient (Wildman–Crippen LogP) is 4.16. The fourth-order valence-corrected chi connectivity index (χ4v) is 2.49. The Bertz CT molecular complexity index is 765. The first-order valence-corrected chi connectivity index (χ1v) is 6.50. The Hall–Kier alpha value is -1.45. The van der Waals surface area contributed by atoms with Crippen LogP contribution in [0.15, 0.2) is 51.9 Å². The Labute approximate surface area is 116 Å². The molecule has 2 aromatic carbocycles. The van der Waals surface area contributed by atoms with E-state index >= 15 is 0 Å². The number of rotatable bonds is 0. The van der Waals surface area contributed by atoms with Crippen LogP contribution in [-0.2, 0) is 0 Å². The summed E-state index contributed by atoms with van der Waals surface area (Å²) < 4.78 is 0.850. The lowest BCUT2D eigenvalue weighted by molar-refractivity contribution is 1.38. The molecule has 1 aromatic heterocycles. The van der Waals surface area contributed by atoms with Gasteiger partial charge in [-0.15, -0.1) is 0 Å². The van der Waals surface area contributed by atoms with Gasteiger partial charge in [-0.2, -0.15) is 0 Å². The first-order valence-electron chi connectivity index (χ1n) is 5.33. The highest BCUT2D eigenvalue weighted by Crippen LogP contribution is 2.20. The number of pyridine rings is 1. The molecule has 3 aromatic rings. The van der Waals surface area contributed by atoms with E-state index in [1.54, 1.807) is 24.4 Å². The maximum atomic E-state index is 12.4. The van der Waals surface area contributed by atoms with Gasteiger partial charge >= 0.3 is 0 Å². The predicted molar refractivity (Wildman–Crippen MR) is 78.2 cm³/mol. The summed E-state index contributed by atoms with van der Waals surface area (Å²) in [5.74, 6) is 0. The number of nitrogens with zero attached hydrogens (tertiary/aromatic N) is 1. The summed E-state index contributed by atoms with van der Waals surface area (Å²) in [6.45, 7) is 0. The van der Waals surface area contributed by atoms with Crippen molar-refractivity contribution in [2.24, 2.45) is 0 Å². The third-order valence-electron chi connectivity index (χ3n) is 2.80. The zero-order chi connectivity index (χ0) is 12.7. The van der Waals surface area contributed by atoms with Crippen LogP contribution in [0.5, 0.6) is 0 Å². The van der Waals surface area contributed by atoms with Gasteiger partial charge in [-0.3, -0.25) is 9.78 Å². The van der Waals surface area contributed by atoms with E-state index in [1.807, 2.05) is 18.2 Å². The molecule has 0 unspecified atom stereocenters. The normalized spacial score (nSPS) is 11.0. The van der Waals surface area contributed by atoms with Crippen molar-refractivity contribution in [1.82, 2.24) is 4.98 Å². The maximum Gasteiger partial charge on any atom is 0.212 e. The topological polar surface area (TPSA) is 30.0 Å². The Morgan fingerprint density at radius 2 is 1.83 bits per heavy atom.